The fourth-order valence-electron chi connectivity index (χ4n) is 3.78. The van der Waals surface area contributed by atoms with E-state index in [1.165, 1.54) is 45.3 Å². The quantitative estimate of drug-likeness (QED) is 0.811. The molecule has 0 amide bonds. The maximum Gasteiger partial charge on any atom is 0.109 e. The topological polar surface area (TPSA) is 26.7 Å². The fourth-order valence-corrected chi connectivity index (χ4v) is 3.78. The first-order chi connectivity index (χ1) is 9.42. The first-order valence-electron chi connectivity index (χ1n) is 8.56. The van der Waals surface area contributed by atoms with Gasteiger partial charge in [-0.2, -0.15) is 0 Å². The van der Waals surface area contributed by atoms with Crippen LogP contribution in [0.2, 0.25) is 0 Å². The van der Waals surface area contributed by atoms with Crippen LogP contribution in [0.25, 0.3) is 0 Å². The lowest BCUT2D eigenvalue weighted by molar-refractivity contribution is -0.0985. The van der Waals surface area contributed by atoms with Gasteiger partial charge in [0.05, 0.1) is 0 Å². The van der Waals surface area contributed by atoms with Crippen molar-refractivity contribution in [2.45, 2.75) is 59.6 Å². The van der Waals surface area contributed by atoms with E-state index < -0.39 is 0 Å². The minimum atomic E-state index is -0.241. The molecule has 0 radical (unpaired) electrons. The second-order valence-electron chi connectivity index (χ2n) is 7.94. The molecule has 0 bridgehead atoms. The summed E-state index contributed by atoms with van der Waals surface area (Å²) in [5, 5.41) is 10.1. The van der Waals surface area contributed by atoms with Gasteiger partial charge in [-0.05, 0) is 49.5 Å². The number of hydrogen-bond acceptors (Lipinski definition) is 3. The van der Waals surface area contributed by atoms with Crippen LogP contribution in [0.5, 0.6) is 0 Å². The standard InChI is InChI=1S/C17H34N2O/c1-14(2)6-5-9-18-12-17(13-18)7-10-19(11-8-17)16(20)15(3)4/h14-16,20H,5-13H2,1-4H3. The molecule has 0 saturated carbocycles. The van der Waals surface area contributed by atoms with Crippen molar-refractivity contribution >= 4 is 0 Å². The average Bonchev–Trinajstić information content (AvgIpc) is 2.36. The molecular weight excluding hydrogens is 248 g/mol. The van der Waals surface area contributed by atoms with Gasteiger partial charge in [0.15, 0.2) is 0 Å². The summed E-state index contributed by atoms with van der Waals surface area (Å²) in [6.07, 6.45) is 5.02. The summed E-state index contributed by atoms with van der Waals surface area (Å²) in [7, 11) is 0. The summed E-state index contributed by atoms with van der Waals surface area (Å²) in [5.41, 5.74) is 0.588. The van der Waals surface area contributed by atoms with Crippen LogP contribution < -0.4 is 0 Å². The van der Waals surface area contributed by atoms with Crippen LogP contribution in [-0.2, 0) is 0 Å². The van der Waals surface area contributed by atoms with Crippen LogP contribution >= 0.6 is 0 Å². The zero-order valence-electron chi connectivity index (χ0n) is 13.9. The molecule has 1 N–H and O–H groups in total. The highest BCUT2D eigenvalue weighted by molar-refractivity contribution is 4.98. The first kappa shape index (κ1) is 16.3. The molecule has 0 aliphatic carbocycles. The van der Waals surface area contributed by atoms with Crippen LogP contribution in [0.1, 0.15) is 53.4 Å². The van der Waals surface area contributed by atoms with Gasteiger partial charge in [0, 0.05) is 26.2 Å². The summed E-state index contributed by atoms with van der Waals surface area (Å²) < 4.78 is 0. The second kappa shape index (κ2) is 6.76. The number of aliphatic hydroxyl groups is 1. The van der Waals surface area contributed by atoms with E-state index in [1.54, 1.807) is 0 Å². The Morgan fingerprint density at radius 3 is 2.15 bits per heavy atom. The number of likely N-dealkylation sites (tertiary alicyclic amines) is 2. The Morgan fingerprint density at radius 2 is 1.65 bits per heavy atom. The van der Waals surface area contributed by atoms with E-state index in [-0.39, 0.29) is 6.23 Å². The van der Waals surface area contributed by atoms with Gasteiger partial charge in [0.2, 0.25) is 0 Å². The molecule has 3 heteroatoms. The van der Waals surface area contributed by atoms with Crippen LogP contribution in [-0.4, -0.2) is 53.9 Å². The lowest BCUT2D eigenvalue weighted by Gasteiger charge is -2.55. The van der Waals surface area contributed by atoms with Crippen LogP contribution in [0.15, 0.2) is 0 Å². The van der Waals surface area contributed by atoms with Gasteiger partial charge in [-0.1, -0.05) is 27.7 Å². The summed E-state index contributed by atoms with van der Waals surface area (Å²) >= 11 is 0. The van der Waals surface area contributed by atoms with Crippen molar-refractivity contribution in [2.75, 3.05) is 32.7 Å². The summed E-state index contributed by atoms with van der Waals surface area (Å²) in [6.45, 7) is 14.9. The highest BCUT2D eigenvalue weighted by Crippen LogP contribution is 2.41. The van der Waals surface area contributed by atoms with Crippen LogP contribution in [0.3, 0.4) is 0 Å². The van der Waals surface area contributed by atoms with Crippen LogP contribution in [0.4, 0.5) is 0 Å². The second-order valence-corrected chi connectivity index (χ2v) is 7.94. The van der Waals surface area contributed by atoms with E-state index >= 15 is 0 Å². The minimum absolute atomic E-state index is 0.241. The number of piperidine rings is 1. The summed E-state index contributed by atoms with van der Waals surface area (Å²) in [4.78, 5) is 4.91. The predicted octanol–water partition coefficient (Wildman–Crippen LogP) is 2.79. The van der Waals surface area contributed by atoms with Gasteiger partial charge in [-0.25, -0.2) is 0 Å². The SMILES string of the molecule is CC(C)CCCN1CC2(CCN(C(O)C(C)C)CC2)C1. The molecule has 2 rings (SSSR count). The third-order valence-corrected chi connectivity index (χ3v) is 5.20. The Morgan fingerprint density at radius 1 is 1.05 bits per heavy atom. The van der Waals surface area contributed by atoms with Crippen molar-refractivity contribution in [3.05, 3.63) is 0 Å². The Bertz CT molecular complexity index is 287. The van der Waals surface area contributed by atoms with Crippen molar-refractivity contribution in [1.82, 2.24) is 9.80 Å². The van der Waals surface area contributed by atoms with Gasteiger partial charge >= 0.3 is 0 Å². The third kappa shape index (κ3) is 3.96. The zero-order valence-corrected chi connectivity index (χ0v) is 13.9. The third-order valence-electron chi connectivity index (χ3n) is 5.20. The van der Waals surface area contributed by atoms with Crippen molar-refractivity contribution in [1.29, 1.82) is 0 Å². The fraction of sp³-hybridized carbons (Fsp3) is 1.00. The maximum absolute atomic E-state index is 10.1. The molecule has 2 aliphatic heterocycles. The molecule has 1 unspecified atom stereocenters. The molecule has 1 atom stereocenters. The maximum atomic E-state index is 10.1. The molecule has 0 aromatic rings. The average molecular weight is 282 g/mol. The number of rotatable bonds is 6. The van der Waals surface area contributed by atoms with E-state index in [0.717, 1.165) is 19.0 Å². The lowest BCUT2D eigenvalue weighted by Crippen LogP contribution is -2.61. The smallest absolute Gasteiger partial charge is 0.109 e. The van der Waals surface area contributed by atoms with Crippen molar-refractivity contribution in [2.24, 2.45) is 17.3 Å². The molecule has 1 spiro atoms. The molecule has 118 valence electrons. The summed E-state index contributed by atoms with van der Waals surface area (Å²) in [5.74, 6) is 1.18. The van der Waals surface area contributed by atoms with E-state index in [2.05, 4.69) is 37.5 Å². The van der Waals surface area contributed by atoms with E-state index in [1.807, 2.05) is 0 Å². The Labute approximate surface area is 125 Å². The number of aliphatic hydroxyl groups excluding tert-OH is 1. The highest BCUT2D eigenvalue weighted by atomic mass is 16.3. The largest absolute Gasteiger partial charge is 0.378 e. The number of nitrogens with zero attached hydrogens (tertiary/aromatic N) is 2. The Balaban J connectivity index is 1.66. The summed E-state index contributed by atoms with van der Waals surface area (Å²) in [6, 6.07) is 0. The van der Waals surface area contributed by atoms with E-state index in [9.17, 15) is 5.11 Å². The lowest BCUT2D eigenvalue weighted by atomic mass is 9.71. The van der Waals surface area contributed by atoms with Crippen molar-refractivity contribution < 1.29 is 5.11 Å². The van der Waals surface area contributed by atoms with Crippen LogP contribution in [0, 0.1) is 17.3 Å². The van der Waals surface area contributed by atoms with E-state index in [4.69, 9.17) is 0 Å². The normalized spacial score (nSPS) is 25.4. The minimum Gasteiger partial charge on any atom is -0.378 e. The predicted molar refractivity (Wildman–Crippen MR) is 84.6 cm³/mol. The van der Waals surface area contributed by atoms with Crippen molar-refractivity contribution in [3.63, 3.8) is 0 Å². The molecule has 2 heterocycles. The molecule has 2 aliphatic rings. The first-order valence-corrected chi connectivity index (χ1v) is 8.56. The Kier molecular flexibility index (Phi) is 5.49. The van der Waals surface area contributed by atoms with Gasteiger partial charge in [0.25, 0.3) is 0 Å². The molecule has 20 heavy (non-hydrogen) atoms. The Hall–Kier alpha value is -0.120. The number of hydrogen-bond donors (Lipinski definition) is 1. The van der Waals surface area contributed by atoms with E-state index in [0.29, 0.717) is 11.3 Å². The molecule has 0 aromatic heterocycles. The van der Waals surface area contributed by atoms with Gasteiger partial charge in [-0.15, -0.1) is 0 Å². The molecule has 0 aromatic carbocycles. The van der Waals surface area contributed by atoms with Gasteiger partial charge in [0.1, 0.15) is 6.23 Å². The monoisotopic (exact) mass is 282 g/mol. The van der Waals surface area contributed by atoms with Crippen molar-refractivity contribution in [3.8, 4) is 0 Å². The highest BCUT2D eigenvalue weighted by Gasteiger charge is 2.45. The van der Waals surface area contributed by atoms with Gasteiger partial charge < -0.3 is 10.0 Å². The van der Waals surface area contributed by atoms with Gasteiger partial charge in [-0.3, -0.25) is 4.90 Å². The zero-order chi connectivity index (χ0) is 14.8. The molecule has 2 fully saturated rings. The molecule has 3 nitrogen and oxygen atoms in total. The molecule has 2 saturated heterocycles. The molecular formula is C17H34N2O.